The van der Waals surface area contributed by atoms with Crippen LogP contribution in [-0.4, -0.2) is 18.8 Å². The molecule has 102 valence electrons. The van der Waals surface area contributed by atoms with Gasteiger partial charge in [-0.3, -0.25) is 0 Å². The van der Waals surface area contributed by atoms with Gasteiger partial charge in [0.25, 0.3) is 0 Å². The molecule has 2 heteroatoms. The Hall–Kier alpha value is -0.0800. The predicted octanol–water partition coefficient (Wildman–Crippen LogP) is 3.45. The zero-order valence-corrected chi connectivity index (χ0v) is 12.3. The van der Waals surface area contributed by atoms with Crippen molar-refractivity contribution in [2.24, 2.45) is 29.4 Å². The van der Waals surface area contributed by atoms with Crippen LogP contribution in [0.1, 0.15) is 53.9 Å². The summed E-state index contributed by atoms with van der Waals surface area (Å²) in [6.07, 6.45) is 4.15. The average molecular weight is 241 g/mol. The molecule has 0 radical (unpaired) electrons. The van der Waals surface area contributed by atoms with Crippen molar-refractivity contribution < 1.29 is 4.74 Å². The number of nitrogens with two attached hydrogens (primary N) is 1. The van der Waals surface area contributed by atoms with Gasteiger partial charge in [-0.25, -0.2) is 0 Å². The normalized spacial score (nSPS) is 33.7. The largest absolute Gasteiger partial charge is 0.377 e. The molecule has 0 heterocycles. The Morgan fingerprint density at radius 1 is 1.12 bits per heavy atom. The SMILES string of the molecule is CCOC(C(C)C)C(N)C1CC(C)CC(C)C1. The fraction of sp³-hybridized carbons (Fsp3) is 1.00. The van der Waals surface area contributed by atoms with Gasteiger partial charge in [0.15, 0.2) is 0 Å². The van der Waals surface area contributed by atoms with Gasteiger partial charge in [-0.05, 0) is 49.9 Å². The maximum atomic E-state index is 6.48. The van der Waals surface area contributed by atoms with Gasteiger partial charge in [0.2, 0.25) is 0 Å². The maximum Gasteiger partial charge on any atom is 0.0751 e. The molecule has 0 amide bonds. The van der Waals surface area contributed by atoms with Gasteiger partial charge in [-0.1, -0.05) is 27.7 Å². The molecule has 0 saturated heterocycles. The Bertz CT molecular complexity index is 207. The van der Waals surface area contributed by atoms with E-state index in [-0.39, 0.29) is 12.1 Å². The minimum Gasteiger partial charge on any atom is -0.377 e. The van der Waals surface area contributed by atoms with Crippen LogP contribution in [-0.2, 0) is 4.74 Å². The lowest BCUT2D eigenvalue weighted by atomic mass is 9.72. The van der Waals surface area contributed by atoms with Crippen LogP contribution < -0.4 is 5.73 Å². The summed E-state index contributed by atoms with van der Waals surface area (Å²) >= 11 is 0. The highest BCUT2D eigenvalue weighted by Crippen LogP contribution is 2.36. The summed E-state index contributed by atoms with van der Waals surface area (Å²) in [5.74, 6) is 2.80. The lowest BCUT2D eigenvalue weighted by molar-refractivity contribution is -0.0114. The fourth-order valence-corrected chi connectivity index (χ4v) is 3.53. The molecule has 4 unspecified atom stereocenters. The third kappa shape index (κ3) is 4.26. The van der Waals surface area contributed by atoms with Crippen LogP contribution in [0.4, 0.5) is 0 Å². The van der Waals surface area contributed by atoms with Crippen LogP contribution in [0.15, 0.2) is 0 Å². The summed E-state index contributed by atoms with van der Waals surface area (Å²) < 4.78 is 5.86. The van der Waals surface area contributed by atoms with Gasteiger partial charge in [-0.2, -0.15) is 0 Å². The molecule has 2 nitrogen and oxygen atoms in total. The van der Waals surface area contributed by atoms with Gasteiger partial charge in [-0.15, -0.1) is 0 Å². The summed E-state index contributed by atoms with van der Waals surface area (Å²) in [7, 11) is 0. The van der Waals surface area contributed by atoms with E-state index in [2.05, 4.69) is 34.6 Å². The van der Waals surface area contributed by atoms with Gasteiger partial charge in [0.1, 0.15) is 0 Å². The summed E-state index contributed by atoms with van der Waals surface area (Å²) in [6.45, 7) is 12.0. The molecule has 0 spiro atoms. The first-order valence-electron chi connectivity index (χ1n) is 7.32. The zero-order chi connectivity index (χ0) is 13.0. The molecule has 4 atom stereocenters. The lowest BCUT2D eigenvalue weighted by Gasteiger charge is -2.39. The number of rotatable bonds is 5. The summed E-state index contributed by atoms with van der Waals surface area (Å²) in [5, 5.41) is 0. The Morgan fingerprint density at radius 2 is 1.65 bits per heavy atom. The Kier molecular flexibility index (Phi) is 5.94. The molecule has 1 saturated carbocycles. The summed E-state index contributed by atoms with van der Waals surface area (Å²) in [6, 6.07) is 0.208. The number of ether oxygens (including phenoxy) is 1. The van der Waals surface area contributed by atoms with E-state index in [1.807, 2.05) is 0 Å². The highest BCUT2D eigenvalue weighted by atomic mass is 16.5. The Morgan fingerprint density at radius 3 is 2.06 bits per heavy atom. The zero-order valence-electron chi connectivity index (χ0n) is 12.3. The molecular weight excluding hydrogens is 210 g/mol. The molecule has 0 aromatic rings. The molecule has 1 rings (SSSR count). The van der Waals surface area contributed by atoms with Gasteiger partial charge < -0.3 is 10.5 Å². The monoisotopic (exact) mass is 241 g/mol. The van der Waals surface area contributed by atoms with E-state index < -0.39 is 0 Å². The van der Waals surface area contributed by atoms with Crippen LogP contribution in [0, 0.1) is 23.7 Å². The quantitative estimate of drug-likeness (QED) is 0.800. The smallest absolute Gasteiger partial charge is 0.0751 e. The van der Waals surface area contributed by atoms with Crippen LogP contribution in [0.3, 0.4) is 0 Å². The van der Waals surface area contributed by atoms with Crippen LogP contribution in [0.5, 0.6) is 0 Å². The molecular formula is C15H31NO. The van der Waals surface area contributed by atoms with E-state index in [9.17, 15) is 0 Å². The Balaban J connectivity index is 2.62. The fourth-order valence-electron chi connectivity index (χ4n) is 3.53. The maximum absolute atomic E-state index is 6.48. The van der Waals surface area contributed by atoms with Crippen LogP contribution in [0.2, 0.25) is 0 Å². The van der Waals surface area contributed by atoms with E-state index in [1.54, 1.807) is 0 Å². The highest BCUT2D eigenvalue weighted by molar-refractivity contribution is 4.87. The molecule has 1 aliphatic rings. The number of hydrogen-bond donors (Lipinski definition) is 1. The second-order valence-electron chi connectivity index (χ2n) is 6.42. The van der Waals surface area contributed by atoms with E-state index in [0.717, 1.165) is 18.4 Å². The topological polar surface area (TPSA) is 35.2 Å². The van der Waals surface area contributed by atoms with Crippen molar-refractivity contribution in [2.75, 3.05) is 6.61 Å². The first-order chi connectivity index (χ1) is 7.95. The average Bonchev–Trinajstić information content (AvgIpc) is 2.23. The molecule has 17 heavy (non-hydrogen) atoms. The first-order valence-corrected chi connectivity index (χ1v) is 7.32. The third-order valence-electron chi connectivity index (χ3n) is 4.15. The lowest BCUT2D eigenvalue weighted by Crippen LogP contribution is -2.47. The van der Waals surface area contributed by atoms with Crippen LogP contribution >= 0.6 is 0 Å². The van der Waals surface area contributed by atoms with Crippen molar-refractivity contribution >= 4 is 0 Å². The van der Waals surface area contributed by atoms with E-state index in [1.165, 1.54) is 19.3 Å². The summed E-state index contributed by atoms with van der Waals surface area (Å²) in [5.41, 5.74) is 6.48. The molecule has 0 aromatic heterocycles. The molecule has 2 N–H and O–H groups in total. The van der Waals surface area contributed by atoms with Crippen molar-refractivity contribution in [3.05, 3.63) is 0 Å². The second-order valence-corrected chi connectivity index (χ2v) is 6.42. The summed E-state index contributed by atoms with van der Waals surface area (Å²) in [4.78, 5) is 0. The van der Waals surface area contributed by atoms with Crippen LogP contribution in [0.25, 0.3) is 0 Å². The van der Waals surface area contributed by atoms with Crippen molar-refractivity contribution in [3.63, 3.8) is 0 Å². The van der Waals surface area contributed by atoms with Gasteiger partial charge >= 0.3 is 0 Å². The molecule has 0 bridgehead atoms. The van der Waals surface area contributed by atoms with Gasteiger partial charge in [0.05, 0.1) is 6.10 Å². The van der Waals surface area contributed by atoms with E-state index >= 15 is 0 Å². The first kappa shape index (κ1) is 15.0. The molecule has 0 aliphatic heterocycles. The van der Waals surface area contributed by atoms with Gasteiger partial charge in [0, 0.05) is 12.6 Å². The standard InChI is InChI=1S/C15H31NO/c1-6-17-15(10(2)3)14(16)13-8-11(4)7-12(5)9-13/h10-15H,6-9,16H2,1-5H3. The number of hydrogen-bond acceptors (Lipinski definition) is 2. The molecule has 1 aliphatic carbocycles. The third-order valence-corrected chi connectivity index (χ3v) is 4.15. The van der Waals surface area contributed by atoms with Crippen molar-refractivity contribution in [2.45, 2.75) is 66.0 Å². The van der Waals surface area contributed by atoms with E-state index in [4.69, 9.17) is 10.5 Å². The van der Waals surface area contributed by atoms with Crippen molar-refractivity contribution in [1.82, 2.24) is 0 Å². The van der Waals surface area contributed by atoms with E-state index in [0.29, 0.717) is 11.8 Å². The highest BCUT2D eigenvalue weighted by Gasteiger charge is 2.33. The Labute approximate surface area is 107 Å². The molecule has 0 aromatic carbocycles. The predicted molar refractivity (Wildman–Crippen MR) is 73.9 cm³/mol. The van der Waals surface area contributed by atoms with Crippen molar-refractivity contribution in [3.8, 4) is 0 Å². The second kappa shape index (κ2) is 6.75. The molecule has 1 fully saturated rings. The minimum absolute atomic E-state index is 0.208. The van der Waals surface area contributed by atoms with Crippen molar-refractivity contribution in [1.29, 1.82) is 0 Å². The minimum atomic E-state index is 0.208.